The quantitative estimate of drug-likeness (QED) is 0.753. The highest BCUT2D eigenvalue weighted by Crippen LogP contribution is 2.33. The fourth-order valence-electron chi connectivity index (χ4n) is 2.58. The predicted octanol–water partition coefficient (Wildman–Crippen LogP) is 0.987. The minimum absolute atomic E-state index is 0.0611. The molecule has 0 aromatic heterocycles. The van der Waals surface area contributed by atoms with Crippen LogP contribution in [0.3, 0.4) is 0 Å². The van der Waals surface area contributed by atoms with Gasteiger partial charge in [-0.2, -0.15) is 0 Å². The number of carbonyl (C=O) groups excluding carboxylic acids is 1. The number of carbonyl (C=O) groups is 2. The second-order valence-corrected chi connectivity index (χ2v) is 5.21. The minimum Gasteiger partial charge on any atom is -0.497 e. The highest BCUT2D eigenvalue weighted by molar-refractivity contribution is 5.76. The highest BCUT2D eigenvalue weighted by Gasteiger charge is 2.35. The van der Waals surface area contributed by atoms with E-state index in [1.165, 1.54) is 4.90 Å². The number of nitrogens with zero attached hydrogens (tertiary/aromatic N) is 1. The maximum absolute atomic E-state index is 12.2. The molecule has 1 heterocycles. The number of methoxy groups -OCH3 is 1. The molecule has 0 bridgehead atoms. The number of hydrogen-bond acceptors (Lipinski definition) is 4. The number of hydrogen-bond donors (Lipinski definition) is 3. The lowest BCUT2D eigenvalue weighted by Crippen LogP contribution is -2.41. The Morgan fingerprint density at radius 1 is 1.45 bits per heavy atom. The molecule has 0 saturated carbocycles. The van der Waals surface area contributed by atoms with Gasteiger partial charge in [0.1, 0.15) is 5.75 Å². The molecule has 2 amide bonds. The number of nitrogens with one attached hydrogen (secondary N) is 1. The van der Waals surface area contributed by atoms with E-state index in [0.717, 1.165) is 5.56 Å². The number of β-amino-alcohol motifs (C(OH)–C–C–N with tert-alkyl or cyclic N) is 1. The van der Waals surface area contributed by atoms with Gasteiger partial charge in [-0.3, -0.25) is 4.79 Å². The van der Waals surface area contributed by atoms with Crippen LogP contribution in [0.25, 0.3) is 0 Å². The molecule has 7 nitrogen and oxygen atoms in total. The number of amides is 2. The van der Waals surface area contributed by atoms with Crippen LogP contribution >= 0.6 is 0 Å². The molecule has 2 atom stereocenters. The van der Waals surface area contributed by atoms with Crippen LogP contribution in [0.2, 0.25) is 0 Å². The third-order valence-corrected chi connectivity index (χ3v) is 3.63. The summed E-state index contributed by atoms with van der Waals surface area (Å²) in [6.45, 7) is 0.284. The van der Waals surface area contributed by atoms with E-state index in [1.54, 1.807) is 7.11 Å². The van der Waals surface area contributed by atoms with Crippen LogP contribution in [0.4, 0.5) is 4.79 Å². The van der Waals surface area contributed by atoms with E-state index in [-0.39, 0.29) is 31.6 Å². The van der Waals surface area contributed by atoms with Gasteiger partial charge in [-0.15, -0.1) is 0 Å². The molecule has 1 aromatic carbocycles. The molecular formula is C15H20N2O5. The average Bonchev–Trinajstić information content (AvgIpc) is 2.89. The molecule has 3 N–H and O–H groups in total. The van der Waals surface area contributed by atoms with Crippen LogP contribution in [0, 0.1) is 0 Å². The lowest BCUT2D eigenvalue weighted by Gasteiger charge is -2.25. The van der Waals surface area contributed by atoms with Crippen molar-refractivity contribution in [3.8, 4) is 5.75 Å². The normalized spacial score (nSPS) is 20.7. The van der Waals surface area contributed by atoms with Gasteiger partial charge in [0.25, 0.3) is 0 Å². The first-order valence-electron chi connectivity index (χ1n) is 7.09. The first-order valence-corrected chi connectivity index (χ1v) is 7.09. The first kappa shape index (κ1) is 16.1. The smallest absolute Gasteiger partial charge is 0.318 e. The fraction of sp³-hybridized carbons (Fsp3) is 0.467. The van der Waals surface area contributed by atoms with Crippen molar-refractivity contribution in [2.75, 3.05) is 20.2 Å². The zero-order valence-electron chi connectivity index (χ0n) is 12.4. The Balaban J connectivity index is 2.08. The van der Waals surface area contributed by atoms with Crippen molar-refractivity contribution in [2.45, 2.75) is 25.0 Å². The molecule has 1 fully saturated rings. The van der Waals surface area contributed by atoms with Gasteiger partial charge in [0.05, 0.1) is 25.7 Å². The van der Waals surface area contributed by atoms with Gasteiger partial charge in [-0.1, -0.05) is 12.1 Å². The number of aliphatic hydroxyl groups is 1. The molecule has 1 aliphatic heterocycles. The molecule has 120 valence electrons. The summed E-state index contributed by atoms with van der Waals surface area (Å²) in [5, 5.41) is 21.0. The summed E-state index contributed by atoms with van der Waals surface area (Å²) in [7, 11) is 1.57. The van der Waals surface area contributed by atoms with Crippen molar-refractivity contribution in [3.05, 3.63) is 29.8 Å². The molecule has 7 heteroatoms. The van der Waals surface area contributed by atoms with Crippen molar-refractivity contribution in [1.82, 2.24) is 10.2 Å². The number of aliphatic carboxylic acids is 1. The van der Waals surface area contributed by atoms with Gasteiger partial charge < -0.3 is 25.2 Å². The van der Waals surface area contributed by atoms with E-state index in [1.807, 2.05) is 24.3 Å². The summed E-state index contributed by atoms with van der Waals surface area (Å²) >= 11 is 0. The van der Waals surface area contributed by atoms with Crippen LogP contribution in [-0.4, -0.2) is 53.4 Å². The minimum atomic E-state index is -0.967. The van der Waals surface area contributed by atoms with E-state index in [4.69, 9.17) is 9.84 Å². The van der Waals surface area contributed by atoms with E-state index in [0.29, 0.717) is 12.2 Å². The van der Waals surface area contributed by atoms with Gasteiger partial charge in [-0.25, -0.2) is 4.79 Å². The first-order chi connectivity index (χ1) is 10.5. The van der Waals surface area contributed by atoms with Crippen molar-refractivity contribution < 1.29 is 24.5 Å². The third kappa shape index (κ3) is 3.88. The number of rotatable bonds is 5. The summed E-state index contributed by atoms with van der Waals surface area (Å²) in [6, 6.07) is 6.73. The van der Waals surface area contributed by atoms with E-state index >= 15 is 0 Å². The van der Waals surface area contributed by atoms with Crippen molar-refractivity contribution in [1.29, 1.82) is 0 Å². The van der Waals surface area contributed by atoms with Crippen LogP contribution in [0.15, 0.2) is 24.3 Å². The highest BCUT2D eigenvalue weighted by atomic mass is 16.5. The van der Waals surface area contributed by atoms with Gasteiger partial charge >= 0.3 is 12.0 Å². The summed E-state index contributed by atoms with van der Waals surface area (Å²) in [6.07, 6.45) is -0.285. The van der Waals surface area contributed by atoms with E-state index in [2.05, 4.69) is 5.32 Å². The molecule has 0 radical (unpaired) electrons. The SMILES string of the molecule is COc1cccc(C2CC(O)CN2C(=O)NCCC(=O)O)c1. The molecule has 2 unspecified atom stereocenters. The van der Waals surface area contributed by atoms with Crippen LogP contribution < -0.4 is 10.1 Å². The largest absolute Gasteiger partial charge is 0.497 e. The van der Waals surface area contributed by atoms with Crippen molar-refractivity contribution in [2.24, 2.45) is 0 Å². The van der Waals surface area contributed by atoms with Gasteiger partial charge in [0.2, 0.25) is 0 Å². The number of aliphatic hydroxyl groups excluding tert-OH is 1. The van der Waals surface area contributed by atoms with Gasteiger partial charge in [0, 0.05) is 13.1 Å². The van der Waals surface area contributed by atoms with Crippen LogP contribution in [-0.2, 0) is 4.79 Å². The lowest BCUT2D eigenvalue weighted by atomic mass is 10.0. The number of urea groups is 1. The van der Waals surface area contributed by atoms with Crippen LogP contribution in [0.1, 0.15) is 24.4 Å². The standard InChI is InChI=1S/C15H20N2O5/c1-22-12-4-2-3-10(7-12)13-8-11(18)9-17(13)15(21)16-6-5-14(19)20/h2-4,7,11,13,18H,5-6,8-9H2,1H3,(H,16,21)(H,19,20). The van der Waals surface area contributed by atoms with Gasteiger partial charge in [-0.05, 0) is 24.1 Å². The Bertz CT molecular complexity index is 548. The average molecular weight is 308 g/mol. The number of benzene rings is 1. The molecular weight excluding hydrogens is 288 g/mol. The molecule has 1 saturated heterocycles. The number of carboxylic acid groups (broad SMARTS) is 1. The predicted molar refractivity (Wildman–Crippen MR) is 78.7 cm³/mol. The van der Waals surface area contributed by atoms with E-state index in [9.17, 15) is 14.7 Å². The third-order valence-electron chi connectivity index (χ3n) is 3.63. The molecule has 22 heavy (non-hydrogen) atoms. The zero-order chi connectivity index (χ0) is 16.1. The molecule has 0 aliphatic carbocycles. The second-order valence-electron chi connectivity index (χ2n) is 5.21. The Kier molecular flexibility index (Phi) is 5.21. The Labute approximate surface area is 128 Å². The van der Waals surface area contributed by atoms with Gasteiger partial charge in [0.15, 0.2) is 0 Å². The summed E-state index contributed by atoms with van der Waals surface area (Å²) in [5.41, 5.74) is 0.879. The maximum atomic E-state index is 12.2. The number of ether oxygens (including phenoxy) is 1. The fourth-order valence-corrected chi connectivity index (χ4v) is 2.58. The maximum Gasteiger partial charge on any atom is 0.318 e. The number of carboxylic acids is 1. The summed E-state index contributed by atoms with van der Waals surface area (Å²) < 4.78 is 5.18. The summed E-state index contributed by atoms with van der Waals surface area (Å²) in [5.74, 6) is -0.281. The Hall–Kier alpha value is -2.28. The van der Waals surface area contributed by atoms with Crippen LogP contribution in [0.5, 0.6) is 5.75 Å². The monoisotopic (exact) mass is 308 g/mol. The molecule has 0 spiro atoms. The molecule has 1 aromatic rings. The van der Waals surface area contributed by atoms with Crippen molar-refractivity contribution >= 4 is 12.0 Å². The topological polar surface area (TPSA) is 99.1 Å². The summed E-state index contributed by atoms with van der Waals surface area (Å²) in [4.78, 5) is 24.2. The molecule has 2 rings (SSSR count). The number of likely N-dealkylation sites (tertiary alicyclic amines) is 1. The zero-order valence-corrected chi connectivity index (χ0v) is 12.4. The Morgan fingerprint density at radius 2 is 2.23 bits per heavy atom. The second kappa shape index (κ2) is 7.13. The van der Waals surface area contributed by atoms with E-state index < -0.39 is 12.1 Å². The molecule has 1 aliphatic rings. The van der Waals surface area contributed by atoms with Crippen molar-refractivity contribution in [3.63, 3.8) is 0 Å². The Morgan fingerprint density at radius 3 is 2.91 bits per heavy atom. The lowest BCUT2D eigenvalue weighted by molar-refractivity contribution is -0.136.